The molecule has 1 N–H and O–H groups in total. The summed E-state index contributed by atoms with van der Waals surface area (Å²) in [6.07, 6.45) is 0.861. The maximum Gasteiger partial charge on any atom is 0.416 e. The Morgan fingerprint density at radius 1 is 1.17 bits per heavy atom. The van der Waals surface area contributed by atoms with E-state index >= 15 is 0 Å². The molecular weight excluding hydrogens is 471 g/mol. The SMILES string of the molecule is CN(C)CCn1cc(-c2cccc(C(F)(F)F)c2)nc1C1CCN(c2ncnc3c2CC(=O)N3)CC1. The topological polar surface area (TPSA) is 79.2 Å². The fourth-order valence-electron chi connectivity index (χ4n) is 4.87. The minimum atomic E-state index is -4.40. The highest BCUT2D eigenvalue weighted by Gasteiger charge is 2.32. The second-order valence-corrected chi connectivity index (χ2v) is 9.57. The van der Waals surface area contributed by atoms with Gasteiger partial charge in [-0.3, -0.25) is 4.79 Å². The Kier molecular flexibility index (Phi) is 6.42. The second kappa shape index (κ2) is 9.53. The van der Waals surface area contributed by atoms with Crippen molar-refractivity contribution in [1.82, 2.24) is 24.4 Å². The molecule has 0 radical (unpaired) electrons. The molecule has 2 aromatic heterocycles. The van der Waals surface area contributed by atoms with Crippen molar-refractivity contribution < 1.29 is 18.0 Å². The van der Waals surface area contributed by atoms with Gasteiger partial charge in [0.2, 0.25) is 5.91 Å². The number of hydrogen-bond acceptors (Lipinski definition) is 6. The third-order valence-electron chi connectivity index (χ3n) is 6.76. The first-order chi connectivity index (χ1) is 17.2. The first-order valence-electron chi connectivity index (χ1n) is 12.0. The van der Waals surface area contributed by atoms with Gasteiger partial charge in [0.05, 0.1) is 17.7 Å². The second-order valence-electron chi connectivity index (χ2n) is 9.57. The number of likely N-dealkylation sites (N-methyl/N-ethyl adjacent to an activating group) is 1. The number of amides is 1. The van der Waals surface area contributed by atoms with E-state index in [-0.39, 0.29) is 18.2 Å². The van der Waals surface area contributed by atoms with Gasteiger partial charge in [-0.15, -0.1) is 0 Å². The molecule has 8 nitrogen and oxygen atoms in total. The number of anilines is 2. The predicted molar refractivity (Wildman–Crippen MR) is 130 cm³/mol. The molecule has 0 atom stereocenters. The van der Waals surface area contributed by atoms with Crippen LogP contribution in [0.2, 0.25) is 0 Å². The molecule has 4 heterocycles. The maximum absolute atomic E-state index is 13.3. The third kappa shape index (κ3) is 4.92. The number of benzene rings is 1. The first kappa shape index (κ1) is 24.2. The summed E-state index contributed by atoms with van der Waals surface area (Å²) in [5, 5.41) is 2.77. The van der Waals surface area contributed by atoms with Crippen LogP contribution in [0.25, 0.3) is 11.3 Å². The number of halogens is 3. The molecule has 1 fully saturated rings. The highest BCUT2D eigenvalue weighted by Crippen LogP contribution is 2.36. The Hall–Kier alpha value is -3.47. The van der Waals surface area contributed by atoms with Gasteiger partial charge in [0.15, 0.2) is 0 Å². The number of alkyl halides is 3. The Balaban J connectivity index is 1.38. The van der Waals surface area contributed by atoms with Crippen molar-refractivity contribution in [1.29, 1.82) is 0 Å². The number of hydrogen-bond donors (Lipinski definition) is 1. The van der Waals surface area contributed by atoms with E-state index in [9.17, 15) is 18.0 Å². The quantitative estimate of drug-likeness (QED) is 0.556. The van der Waals surface area contributed by atoms with E-state index in [0.29, 0.717) is 23.6 Å². The van der Waals surface area contributed by atoms with E-state index in [1.165, 1.54) is 12.4 Å². The van der Waals surface area contributed by atoms with E-state index in [1.54, 1.807) is 6.07 Å². The lowest BCUT2D eigenvalue weighted by Gasteiger charge is -2.33. The van der Waals surface area contributed by atoms with Crippen molar-refractivity contribution in [2.75, 3.05) is 43.9 Å². The molecule has 2 aliphatic heterocycles. The molecule has 1 amide bonds. The van der Waals surface area contributed by atoms with Gasteiger partial charge in [0.1, 0.15) is 23.8 Å². The van der Waals surface area contributed by atoms with Gasteiger partial charge in [-0.1, -0.05) is 12.1 Å². The van der Waals surface area contributed by atoms with Crippen LogP contribution in [0.1, 0.15) is 35.7 Å². The molecule has 1 saturated heterocycles. The van der Waals surface area contributed by atoms with Gasteiger partial charge in [-0.25, -0.2) is 15.0 Å². The summed E-state index contributed by atoms with van der Waals surface area (Å²) in [5.41, 5.74) is 1.17. The van der Waals surface area contributed by atoms with E-state index in [1.807, 2.05) is 20.3 Å². The molecule has 1 aromatic carbocycles. The number of nitrogens with one attached hydrogen (secondary N) is 1. The van der Waals surface area contributed by atoms with Crippen molar-refractivity contribution in [3.05, 3.63) is 53.7 Å². The molecule has 0 aliphatic carbocycles. The zero-order valence-electron chi connectivity index (χ0n) is 20.2. The molecule has 0 spiro atoms. The molecule has 36 heavy (non-hydrogen) atoms. The lowest BCUT2D eigenvalue weighted by atomic mass is 9.95. The van der Waals surface area contributed by atoms with E-state index in [0.717, 1.165) is 61.8 Å². The minimum Gasteiger partial charge on any atom is -0.356 e. The van der Waals surface area contributed by atoms with Gasteiger partial charge in [0.25, 0.3) is 0 Å². The molecule has 3 aromatic rings. The number of nitrogens with zero attached hydrogens (tertiary/aromatic N) is 6. The highest BCUT2D eigenvalue weighted by atomic mass is 19.4. The zero-order chi connectivity index (χ0) is 25.4. The average molecular weight is 500 g/mol. The van der Waals surface area contributed by atoms with Crippen molar-refractivity contribution in [3.8, 4) is 11.3 Å². The number of aromatic nitrogens is 4. The molecule has 2 aliphatic rings. The van der Waals surface area contributed by atoms with Crippen molar-refractivity contribution >= 4 is 17.5 Å². The van der Waals surface area contributed by atoms with Crippen LogP contribution in [0.3, 0.4) is 0 Å². The number of rotatable bonds is 6. The molecule has 11 heteroatoms. The summed E-state index contributed by atoms with van der Waals surface area (Å²) in [6, 6.07) is 5.34. The minimum absolute atomic E-state index is 0.0772. The van der Waals surface area contributed by atoms with Crippen LogP contribution >= 0.6 is 0 Å². The molecule has 0 bridgehead atoms. The Morgan fingerprint density at radius 2 is 1.94 bits per heavy atom. The van der Waals surface area contributed by atoms with Crippen LogP contribution in [0.4, 0.5) is 24.8 Å². The molecular formula is C25H28F3N7O. The monoisotopic (exact) mass is 499 g/mol. The smallest absolute Gasteiger partial charge is 0.356 e. The number of piperidine rings is 1. The van der Waals surface area contributed by atoms with Gasteiger partial charge >= 0.3 is 6.18 Å². The van der Waals surface area contributed by atoms with Crippen LogP contribution in [-0.2, 0) is 23.9 Å². The van der Waals surface area contributed by atoms with Gasteiger partial charge in [-0.05, 0) is 39.1 Å². The van der Waals surface area contributed by atoms with Crippen LogP contribution in [-0.4, -0.2) is 64.1 Å². The van der Waals surface area contributed by atoms with Crippen molar-refractivity contribution in [3.63, 3.8) is 0 Å². The van der Waals surface area contributed by atoms with E-state index in [4.69, 9.17) is 4.98 Å². The number of imidazole rings is 1. The lowest BCUT2D eigenvalue weighted by molar-refractivity contribution is -0.137. The highest BCUT2D eigenvalue weighted by molar-refractivity contribution is 5.99. The van der Waals surface area contributed by atoms with E-state index < -0.39 is 11.7 Å². The third-order valence-corrected chi connectivity index (χ3v) is 6.76. The number of carbonyl (C=O) groups excluding carboxylic acids is 1. The molecule has 0 unspecified atom stereocenters. The van der Waals surface area contributed by atoms with Crippen LogP contribution in [0.5, 0.6) is 0 Å². The standard InChI is InChI=1S/C25H28F3N7O/c1-33(2)10-11-35-14-20(17-4-3-5-18(12-17)25(26,27)28)31-23(35)16-6-8-34(9-7-16)24-19-13-21(36)32-22(19)29-15-30-24/h3-5,12,14-16H,6-11,13H2,1-2H3,(H,29,30,32,36). The predicted octanol–water partition coefficient (Wildman–Crippen LogP) is 3.80. The summed E-state index contributed by atoms with van der Waals surface area (Å²) < 4.78 is 41.9. The fourth-order valence-corrected chi connectivity index (χ4v) is 4.87. The van der Waals surface area contributed by atoms with E-state index in [2.05, 4.69) is 29.7 Å². The summed E-state index contributed by atoms with van der Waals surface area (Å²) in [4.78, 5) is 29.6. The maximum atomic E-state index is 13.3. The number of fused-ring (bicyclic) bond motifs is 1. The fraction of sp³-hybridized carbons (Fsp3) is 0.440. The Bertz CT molecular complexity index is 1260. The Labute approximate surface area is 207 Å². The summed E-state index contributed by atoms with van der Waals surface area (Å²) in [5.74, 6) is 2.35. The van der Waals surface area contributed by atoms with Crippen LogP contribution in [0, 0.1) is 0 Å². The summed E-state index contributed by atoms with van der Waals surface area (Å²) in [7, 11) is 3.98. The van der Waals surface area contributed by atoms with Crippen LogP contribution in [0.15, 0.2) is 36.8 Å². The Morgan fingerprint density at radius 3 is 2.67 bits per heavy atom. The van der Waals surface area contributed by atoms with Crippen molar-refractivity contribution in [2.45, 2.75) is 37.9 Å². The first-order valence-corrected chi connectivity index (χ1v) is 12.0. The average Bonchev–Trinajstić information content (AvgIpc) is 3.45. The number of carbonyl (C=O) groups is 1. The normalized spacial score (nSPS) is 16.5. The molecule has 190 valence electrons. The van der Waals surface area contributed by atoms with Gasteiger partial charge in [-0.2, -0.15) is 13.2 Å². The van der Waals surface area contributed by atoms with Crippen LogP contribution < -0.4 is 10.2 Å². The lowest BCUT2D eigenvalue weighted by Crippen LogP contribution is -2.35. The largest absolute Gasteiger partial charge is 0.416 e. The molecule has 0 saturated carbocycles. The summed E-state index contributed by atoms with van der Waals surface area (Å²) >= 11 is 0. The van der Waals surface area contributed by atoms with Crippen molar-refractivity contribution in [2.24, 2.45) is 0 Å². The summed E-state index contributed by atoms with van der Waals surface area (Å²) in [6.45, 7) is 2.96. The van der Waals surface area contributed by atoms with Gasteiger partial charge < -0.3 is 19.7 Å². The van der Waals surface area contributed by atoms with Gasteiger partial charge in [0, 0.05) is 49.4 Å². The molecule has 5 rings (SSSR count). The zero-order valence-corrected chi connectivity index (χ0v) is 20.2.